The number of anilines is 2. The number of benzene rings is 3. The molecule has 2 atom stereocenters. The monoisotopic (exact) mass is 595 g/mol. The number of carbonyl (C=O) groups excluding carboxylic acids is 2. The summed E-state index contributed by atoms with van der Waals surface area (Å²) in [5.74, 6) is -1.31. The second kappa shape index (κ2) is 13.7. The zero-order valence-electron chi connectivity index (χ0n) is 22.4. The smallest absolute Gasteiger partial charge is 0.334 e. The molecule has 0 radical (unpaired) electrons. The second-order valence-corrected chi connectivity index (χ2v) is 11.0. The summed E-state index contributed by atoms with van der Waals surface area (Å²) in [5.41, 5.74) is 4.60. The maximum absolute atomic E-state index is 13.5. The number of nitrogens with zero attached hydrogens (tertiary/aromatic N) is 1. The molecule has 1 aliphatic carbocycles. The normalized spacial score (nSPS) is 15.4. The summed E-state index contributed by atoms with van der Waals surface area (Å²) in [6.45, 7) is 2.03. The summed E-state index contributed by atoms with van der Waals surface area (Å²) in [5, 5.41) is 24.2. The zero-order valence-corrected chi connectivity index (χ0v) is 24.0. The molecular weight excluding hydrogens is 565 g/mol. The van der Waals surface area contributed by atoms with Crippen LogP contribution < -0.4 is 15.5 Å². The van der Waals surface area contributed by atoms with Gasteiger partial charge in [0.25, 0.3) is 5.91 Å². The summed E-state index contributed by atoms with van der Waals surface area (Å²) >= 11 is 12.3. The number of carboxylic acid groups (broad SMARTS) is 1. The molecule has 0 aliphatic heterocycles. The quantitative estimate of drug-likeness (QED) is 0.222. The molecule has 0 bridgehead atoms. The van der Waals surface area contributed by atoms with E-state index in [4.69, 9.17) is 28.3 Å². The third kappa shape index (κ3) is 8.33. The van der Waals surface area contributed by atoms with E-state index in [1.165, 1.54) is 12.0 Å². The third-order valence-electron chi connectivity index (χ3n) is 6.83. The Kier molecular flexibility index (Phi) is 10.0. The van der Waals surface area contributed by atoms with Gasteiger partial charge < -0.3 is 20.8 Å². The number of nitrogens with one attached hydrogen (secondary N) is 2. The van der Waals surface area contributed by atoms with Gasteiger partial charge in [-0.25, -0.2) is 9.59 Å². The average molecular weight is 597 g/mol. The highest BCUT2D eigenvalue weighted by atomic mass is 35.5. The van der Waals surface area contributed by atoms with E-state index in [1.54, 1.807) is 47.4 Å². The van der Waals surface area contributed by atoms with E-state index in [9.17, 15) is 19.5 Å². The molecule has 41 heavy (non-hydrogen) atoms. The van der Waals surface area contributed by atoms with Crippen LogP contribution in [0.1, 0.15) is 47.7 Å². The lowest BCUT2D eigenvalue weighted by Gasteiger charge is -2.25. The maximum atomic E-state index is 13.5. The Morgan fingerprint density at radius 1 is 1.00 bits per heavy atom. The minimum Gasteiger partial charge on any atom is -0.479 e. The van der Waals surface area contributed by atoms with Gasteiger partial charge in [-0.3, -0.25) is 9.69 Å². The number of amides is 3. The third-order valence-corrected chi connectivity index (χ3v) is 7.26. The lowest BCUT2D eigenvalue weighted by molar-refractivity contribution is -0.146. The van der Waals surface area contributed by atoms with Crippen molar-refractivity contribution in [2.75, 3.05) is 16.8 Å². The molecule has 0 fully saturated rings. The van der Waals surface area contributed by atoms with E-state index >= 15 is 0 Å². The van der Waals surface area contributed by atoms with Crippen molar-refractivity contribution >= 4 is 58.1 Å². The molecule has 1 aliphatic rings. The van der Waals surface area contributed by atoms with Crippen LogP contribution in [-0.2, 0) is 11.3 Å². The number of aliphatic hydroxyl groups is 1. The van der Waals surface area contributed by atoms with Crippen LogP contribution in [0.3, 0.4) is 0 Å². The van der Waals surface area contributed by atoms with Gasteiger partial charge in [-0.1, -0.05) is 60.5 Å². The van der Waals surface area contributed by atoms with Crippen molar-refractivity contribution in [3.63, 3.8) is 0 Å². The molecule has 3 amide bonds. The van der Waals surface area contributed by atoms with Crippen LogP contribution in [0, 0.1) is 5.92 Å². The van der Waals surface area contributed by atoms with Gasteiger partial charge in [0.15, 0.2) is 6.10 Å². The number of aliphatic hydroxyl groups excluding tert-OH is 1. The number of allylic oxidation sites excluding steroid dienone is 2. The fourth-order valence-electron chi connectivity index (χ4n) is 4.61. The predicted octanol–water partition coefficient (Wildman–Crippen LogP) is 6.61. The summed E-state index contributed by atoms with van der Waals surface area (Å²) in [6, 6.07) is 18.8. The van der Waals surface area contributed by atoms with Gasteiger partial charge in [-0.05, 0) is 84.3 Å². The molecule has 3 aromatic rings. The Morgan fingerprint density at radius 2 is 1.66 bits per heavy atom. The van der Waals surface area contributed by atoms with Gasteiger partial charge in [0.05, 0.1) is 13.1 Å². The minimum atomic E-state index is -1.69. The molecule has 8 nitrogen and oxygen atoms in total. The van der Waals surface area contributed by atoms with Gasteiger partial charge in [-0.2, -0.15) is 0 Å². The Balaban J connectivity index is 1.54. The van der Waals surface area contributed by atoms with Crippen molar-refractivity contribution in [1.82, 2.24) is 5.32 Å². The second-order valence-electron chi connectivity index (χ2n) is 10.1. The molecule has 0 saturated carbocycles. The van der Waals surface area contributed by atoms with Crippen LogP contribution in [0.25, 0.3) is 5.57 Å². The summed E-state index contributed by atoms with van der Waals surface area (Å²) in [7, 11) is 0. The molecular formula is C31H31Cl2N3O5. The summed E-state index contributed by atoms with van der Waals surface area (Å²) < 4.78 is 0. The number of carbonyl (C=O) groups is 3. The number of hydrogen-bond donors (Lipinski definition) is 4. The van der Waals surface area contributed by atoms with Crippen molar-refractivity contribution in [2.45, 2.75) is 38.8 Å². The number of halogens is 2. The van der Waals surface area contributed by atoms with E-state index in [2.05, 4.69) is 23.6 Å². The first-order valence-electron chi connectivity index (χ1n) is 13.2. The van der Waals surface area contributed by atoms with Gasteiger partial charge in [-0.15, -0.1) is 0 Å². The standard InChI is InChI=1S/C31H31Cl2N3O5/c1-19-3-2-4-23(13-19)21-9-11-27(12-10-21)36(31(41)35-26-15-24(32)14-25(33)16-26)18-20-5-7-22(8-6-20)29(38)34-17-28(37)30(39)40/h4-12,14-16,19,28,37H,2-3,13,17-18H2,1H3,(H,34,38)(H,35,41)(H,39,40)/t19?,28-/m1/s1. The van der Waals surface area contributed by atoms with Gasteiger partial charge in [0.1, 0.15) is 0 Å². The Bertz CT molecular complexity index is 1420. The lowest BCUT2D eigenvalue weighted by Crippen LogP contribution is -2.36. The number of rotatable bonds is 9. The van der Waals surface area contributed by atoms with Crippen LogP contribution in [0.4, 0.5) is 16.2 Å². The lowest BCUT2D eigenvalue weighted by atomic mass is 9.87. The van der Waals surface area contributed by atoms with Crippen LogP contribution >= 0.6 is 23.2 Å². The van der Waals surface area contributed by atoms with Crippen LogP contribution in [0.15, 0.2) is 72.8 Å². The fourth-order valence-corrected chi connectivity index (χ4v) is 5.14. The highest BCUT2D eigenvalue weighted by Gasteiger charge is 2.20. The number of aliphatic carboxylic acids is 1. The molecule has 0 heterocycles. The first kappa shape index (κ1) is 30.1. The molecule has 0 saturated heterocycles. The molecule has 0 aromatic heterocycles. The highest BCUT2D eigenvalue weighted by molar-refractivity contribution is 6.35. The van der Waals surface area contributed by atoms with E-state index in [1.807, 2.05) is 24.3 Å². The van der Waals surface area contributed by atoms with Crippen LogP contribution in [0.2, 0.25) is 10.0 Å². The van der Waals surface area contributed by atoms with Crippen molar-refractivity contribution < 1.29 is 24.6 Å². The largest absolute Gasteiger partial charge is 0.479 e. The number of urea groups is 1. The molecule has 0 spiro atoms. The SMILES string of the molecule is CC1CCC=C(c2ccc(N(Cc3ccc(C(=O)NC[C@@H](O)C(=O)O)cc3)C(=O)Nc3cc(Cl)cc(Cl)c3)cc2)C1. The van der Waals surface area contributed by atoms with Crippen molar-refractivity contribution in [1.29, 1.82) is 0 Å². The summed E-state index contributed by atoms with van der Waals surface area (Å²) in [4.78, 5) is 38.2. The fraction of sp³-hybridized carbons (Fsp3) is 0.258. The zero-order chi connectivity index (χ0) is 29.5. The molecule has 3 aromatic carbocycles. The van der Waals surface area contributed by atoms with Crippen molar-refractivity contribution in [3.05, 3.63) is 99.5 Å². The van der Waals surface area contributed by atoms with Gasteiger partial charge in [0.2, 0.25) is 0 Å². The average Bonchev–Trinajstić information content (AvgIpc) is 2.94. The van der Waals surface area contributed by atoms with E-state index in [-0.39, 0.29) is 12.1 Å². The summed E-state index contributed by atoms with van der Waals surface area (Å²) in [6.07, 6.45) is 3.86. The Morgan fingerprint density at radius 3 is 2.27 bits per heavy atom. The van der Waals surface area contributed by atoms with Crippen LogP contribution in [0.5, 0.6) is 0 Å². The number of hydrogen-bond acceptors (Lipinski definition) is 4. The van der Waals surface area contributed by atoms with Crippen LogP contribution in [-0.4, -0.2) is 40.8 Å². The van der Waals surface area contributed by atoms with Gasteiger partial charge >= 0.3 is 12.0 Å². The van der Waals surface area contributed by atoms with E-state index in [0.717, 1.165) is 24.0 Å². The predicted molar refractivity (Wildman–Crippen MR) is 162 cm³/mol. The molecule has 10 heteroatoms. The molecule has 214 valence electrons. The van der Waals surface area contributed by atoms with E-state index < -0.39 is 30.6 Å². The maximum Gasteiger partial charge on any atom is 0.334 e. The first-order valence-corrected chi connectivity index (χ1v) is 14.0. The molecule has 1 unspecified atom stereocenters. The number of carboxylic acids is 1. The van der Waals surface area contributed by atoms with Crippen molar-refractivity contribution in [2.24, 2.45) is 5.92 Å². The van der Waals surface area contributed by atoms with Gasteiger partial charge in [0, 0.05) is 27.0 Å². The highest BCUT2D eigenvalue weighted by Crippen LogP contribution is 2.32. The Labute approximate surface area is 248 Å². The first-order chi connectivity index (χ1) is 19.6. The van der Waals surface area contributed by atoms with E-state index in [0.29, 0.717) is 27.3 Å². The topological polar surface area (TPSA) is 119 Å². The van der Waals surface area contributed by atoms with Crippen molar-refractivity contribution in [3.8, 4) is 0 Å². The minimum absolute atomic E-state index is 0.193. The molecule has 4 N–H and O–H groups in total. The molecule has 4 rings (SSSR count). The Hall–Kier alpha value is -3.85.